The molecule has 2 fully saturated rings. The van der Waals surface area contributed by atoms with Gasteiger partial charge in [0.25, 0.3) is 0 Å². The van der Waals surface area contributed by atoms with Crippen LogP contribution in [0.25, 0.3) is 0 Å². The number of carbonyl (C=O) groups excluding carboxylic acids is 1. The Hall–Kier alpha value is -0.660. The molecule has 0 spiro atoms. The van der Waals surface area contributed by atoms with Crippen molar-refractivity contribution in [1.82, 2.24) is 4.72 Å². The summed E-state index contributed by atoms with van der Waals surface area (Å²) < 4.78 is 33.1. The Bertz CT molecular complexity index is 474. The van der Waals surface area contributed by atoms with Crippen molar-refractivity contribution in [3.8, 4) is 0 Å². The molecule has 0 aromatic rings. The maximum atomic E-state index is 12.8. The van der Waals surface area contributed by atoms with E-state index in [1.165, 1.54) is 7.11 Å². The summed E-state index contributed by atoms with van der Waals surface area (Å²) in [5.74, 6) is -0.654. The van der Waals surface area contributed by atoms with E-state index in [1.54, 1.807) is 0 Å². The van der Waals surface area contributed by atoms with Crippen LogP contribution in [0.4, 0.5) is 0 Å². The van der Waals surface area contributed by atoms with Gasteiger partial charge in [-0.25, -0.2) is 13.1 Å². The van der Waals surface area contributed by atoms with Crippen LogP contribution in [0.1, 0.15) is 51.4 Å². The summed E-state index contributed by atoms with van der Waals surface area (Å²) in [7, 11) is -2.25. The van der Waals surface area contributed by atoms with Crippen molar-refractivity contribution >= 4 is 16.0 Å². The lowest BCUT2D eigenvalue weighted by molar-refractivity contribution is -0.146. The van der Waals surface area contributed by atoms with Crippen LogP contribution >= 0.6 is 0 Å². The molecule has 0 aromatic carbocycles. The van der Waals surface area contributed by atoms with E-state index in [4.69, 9.17) is 10.5 Å². The predicted molar refractivity (Wildman–Crippen MR) is 84.6 cm³/mol. The van der Waals surface area contributed by atoms with Crippen molar-refractivity contribution in [2.75, 3.05) is 13.7 Å². The normalized spacial score (nSPS) is 28.5. The van der Waals surface area contributed by atoms with Gasteiger partial charge in [-0.3, -0.25) is 4.79 Å². The van der Waals surface area contributed by atoms with E-state index >= 15 is 0 Å². The number of nitrogens with two attached hydrogens (primary N) is 1. The summed E-state index contributed by atoms with van der Waals surface area (Å²) in [5.41, 5.74) is 5.79. The second-order valence-corrected chi connectivity index (χ2v) is 8.43. The molecule has 3 N–H and O–H groups in total. The number of hydrogen-bond donors (Lipinski definition) is 2. The zero-order valence-corrected chi connectivity index (χ0v) is 14.1. The highest BCUT2D eigenvalue weighted by molar-refractivity contribution is 7.90. The van der Waals surface area contributed by atoms with Crippen molar-refractivity contribution in [1.29, 1.82) is 0 Å². The molecule has 3 unspecified atom stereocenters. The van der Waals surface area contributed by atoms with Crippen molar-refractivity contribution in [3.05, 3.63) is 0 Å². The summed E-state index contributed by atoms with van der Waals surface area (Å²) >= 11 is 0. The van der Waals surface area contributed by atoms with Gasteiger partial charge in [0.15, 0.2) is 0 Å². The maximum Gasteiger partial charge on any atom is 0.310 e. The molecule has 22 heavy (non-hydrogen) atoms. The van der Waals surface area contributed by atoms with Crippen molar-refractivity contribution < 1.29 is 17.9 Å². The monoisotopic (exact) mass is 332 g/mol. The van der Waals surface area contributed by atoms with E-state index in [0.717, 1.165) is 38.5 Å². The van der Waals surface area contributed by atoms with Crippen molar-refractivity contribution in [2.24, 2.45) is 17.6 Å². The van der Waals surface area contributed by atoms with Gasteiger partial charge in [-0.2, -0.15) is 0 Å². The molecule has 2 aliphatic carbocycles. The first kappa shape index (κ1) is 17.7. The molecule has 7 heteroatoms. The second-order valence-electron chi connectivity index (χ2n) is 6.50. The molecule has 0 saturated heterocycles. The van der Waals surface area contributed by atoms with Gasteiger partial charge < -0.3 is 10.5 Å². The Morgan fingerprint density at radius 1 is 1.18 bits per heavy atom. The Morgan fingerprint density at radius 2 is 1.77 bits per heavy atom. The number of methoxy groups -OCH3 is 1. The summed E-state index contributed by atoms with van der Waals surface area (Å²) in [4.78, 5) is 11.9. The molecule has 3 atom stereocenters. The standard InChI is InChI=1S/C15H28N2O4S/c1-21-15(18)12-8-4-5-9-14(12)22(19,20)17-13(10-16)11-6-2-3-7-11/h11-14,17H,2-10,16H2,1H3. The van der Waals surface area contributed by atoms with Gasteiger partial charge in [-0.1, -0.05) is 25.7 Å². The van der Waals surface area contributed by atoms with Crippen molar-refractivity contribution in [2.45, 2.75) is 62.7 Å². The molecule has 2 saturated carbocycles. The largest absolute Gasteiger partial charge is 0.469 e. The van der Waals surface area contributed by atoms with Gasteiger partial charge in [0, 0.05) is 12.6 Å². The van der Waals surface area contributed by atoms with Crippen LogP contribution in [0.15, 0.2) is 0 Å². The van der Waals surface area contributed by atoms with Gasteiger partial charge in [-0.15, -0.1) is 0 Å². The zero-order chi connectivity index (χ0) is 16.2. The van der Waals surface area contributed by atoms with Gasteiger partial charge in [0.1, 0.15) is 0 Å². The molecule has 0 amide bonds. The molecule has 0 radical (unpaired) electrons. The number of rotatable bonds is 6. The third-order valence-corrected chi connectivity index (χ3v) is 7.14. The minimum Gasteiger partial charge on any atom is -0.469 e. The molecule has 0 heterocycles. The summed E-state index contributed by atoms with van der Waals surface area (Å²) in [5, 5.41) is -0.691. The van der Waals surface area contributed by atoms with Gasteiger partial charge in [-0.05, 0) is 31.6 Å². The number of hydrogen-bond acceptors (Lipinski definition) is 5. The predicted octanol–water partition coefficient (Wildman–Crippen LogP) is 1.16. The summed E-state index contributed by atoms with van der Waals surface area (Å²) in [6, 6.07) is -0.215. The number of carbonyl (C=O) groups is 1. The highest BCUT2D eigenvalue weighted by Crippen LogP contribution is 2.32. The first-order chi connectivity index (χ1) is 10.5. The lowest BCUT2D eigenvalue weighted by Gasteiger charge is -2.32. The van der Waals surface area contributed by atoms with Crippen LogP contribution in [-0.2, 0) is 19.6 Å². The van der Waals surface area contributed by atoms with E-state index in [9.17, 15) is 13.2 Å². The van der Waals surface area contributed by atoms with E-state index in [0.29, 0.717) is 25.3 Å². The topological polar surface area (TPSA) is 98.5 Å². The molecule has 0 aliphatic heterocycles. The van der Waals surface area contributed by atoms with Crippen LogP contribution in [-0.4, -0.2) is 39.3 Å². The first-order valence-corrected chi connectivity index (χ1v) is 9.83. The Kier molecular flexibility index (Phi) is 6.23. The van der Waals surface area contributed by atoms with E-state index in [2.05, 4.69) is 4.72 Å². The fourth-order valence-electron chi connectivity index (χ4n) is 3.88. The van der Waals surface area contributed by atoms with Gasteiger partial charge >= 0.3 is 5.97 Å². The van der Waals surface area contributed by atoms with E-state index in [1.807, 2.05) is 0 Å². The SMILES string of the molecule is COC(=O)C1CCCCC1S(=O)(=O)NC(CN)C1CCCC1. The Balaban J connectivity index is 2.10. The average molecular weight is 332 g/mol. The minimum absolute atomic E-state index is 0.215. The number of ether oxygens (including phenoxy) is 1. The summed E-state index contributed by atoms with van der Waals surface area (Å²) in [6.07, 6.45) is 7.11. The number of nitrogens with one attached hydrogen (secondary N) is 1. The molecular weight excluding hydrogens is 304 g/mol. The fourth-order valence-corrected chi connectivity index (χ4v) is 5.93. The van der Waals surface area contributed by atoms with Crippen LogP contribution in [0.2, 0.25) is 0 Å². The highest BCUT2D eigenvalue weighted by Gasteiger charge is 2.41. The van der Waals surface area contributed by atoms with Gasteiger partial charge in [0.2, 0.25) is 10.0 Å². The van der Waals surface area contributed by atoms with Crippen molar-refractivity contribution in [3.63, 3.8) is 0 Å². The molecule has 128 valence electrons. The quantitative estimate of drug-likeness (QED) is 0.711. The van der Waals surface area contributed by atoms with Crippen LogP contribution in [0, 0.1) is 11.8 Å². The highest BCUT2D eigenvalue weighted by atomic mass is 32.2. The first-order valence-electron chi connectivity index (χ1n) is 8.28. The Labute approximate surface area is 133 Å². The van der Waals surface area contributed by atoms with Crippen LogP contribution < -0.4 is 10.5 Å². The lowest BCUT2D eigenvalue weighted by Crippen LogP contribution is -2.51. The molecule has 0 aromatic heterocycles. The average Bonchev–Trinajstić information content (AvgIpc) is 3.06. The molecular formula is C15H28N2O4S. The molecule has 2 rings (SSSR count). The zero-order valence-electron chi connectivity index (χ0n) is 13.3. The Morgan fingerprint density at radius 3 is 2.36 bits per heavy atom. The van der Waals surface area contributed by atoms with Crippen LogP contribution in [0.5, 0.6) is 0 Å². The smallest absolute Gasteiger partial charge is 0.310 e. The number of sulfonamides is 1. The van der Waals surface area contributed by atoms with Gasteiger partial charge in [0.05, 0.1) is 18.3 Å². The van der Waals surface area contributed by atoms with Crippen LogP contribution in [0.3, 0.4) is 0 Å². The molecule has 6 nitrogen and oxygen atoms in total. The third kappa shape index (κ3) is 4.00. The van der Waals surface area contributed by atoms with E-state index < -0.39 is 27.2 Å². The molecule has 0 bridgehead atoms. The minimum atomic E-state index is -3.57. The maximum absolute atomic E-state index is 12.8. The number of esters is 1. The molecule has 2 aliphatic rings. The third-order valence-electron chi connectivity index (χ3n) is 5.14. The summed E-state index contributed by atoms with van der Waals surface area (Å²) in [6.45, 7) is 0.305. The lowest BCUT2D eigenvalue weighted by atomic mass is 9.89. The van der Waals surface area contributed by atoms with E-state index in [-0.39, 0.29) is 6.04 Å². The fraction of sp³-hybridized carbons (Fsp3) is 0.933. The second kappa shape index (κ2) is 7.75.